The van der Waals surface area contributed by atoms with Crippen molar-refractivity contribution in [2.75, 3.05) is 0 Å². The molecule has 0 aliphatic rings. The van der Waals surface area contributed by atoms with Crippen molar-refractivity contribution in [1.29, 1.82) is 0 Å². The van der Waals surface area contributed by atoms with E-state index in [1.807, 2.05) is 0 Å². The number of ketones is 1. The Morgan fingerprint density at radius 2 is 1.71 bits per heavy atom. The average Bonchev–Trinajstić information content (AvgIpc) is 2.42. The van der Waals surface area contributed by atoms with Crippen LogP contribution in [0.2, 0.25) is 0 Å². The molecule has 4 nitrogen and oxygen atoms in total. The van der Waals surface area contributed by atoms with Gasteiger partial charge in [0.15, 0.2) is 17.4 Å². The molecule has 0 fully saturated rings. The average molecular weight is 309 g/mol. The van der Waals surface area contributed by atoms with E-state index in [9.17, 15) is 23.7 Å². The van der Waals surface area contributed by atoms with E-state index in [4.69, 9.17) is 0 Å². The summed E-state index contributed by atoms with van der Waals surface area (Å²) in [4.78, 5) is 22.5. The third-order valence-electron chi connectivity index (χ3n) is 2.67. The van der Waals surface area contributed by atoms with Crippen LogP contribution in [0, 0.1) is 21.7 Å². The number of carbonyl (C=O) groups is 1. The Bertz CT molecular complexity index is 734. The molecule has 0 atom stereocenters. The van der Waals surface area contributed by atoms with E-state index in [2.05, 4.69) is 0 Å². The predicted octanol–water partition coefficient (Wildman–Crippen LogP) is 4.23. The number of carbonyl (C=O) groups excluding carboxylic acids is 1. The Balaban J connectivity index is 2.36. The number of benzene rings is 2. The van der Waals surface area contributed by atoms with E-state index < -0.39 is 22.3 Å². The van der Waals surface area contributed by atoms with Crippen molar-refractivity contribution in [3.05, 3.63) is 63.7 Å². The van der Waals surface area contributed by atoms with Gasteiger partial charge in [-0.3, -0.25) is 14.9 Å². The van der Waals surface area contributed by atoms with Crippen molar-refractivity contribution < 1.29 is 18.5 Å². The molecule has 0 bridgehead atoms. The van der Waals surface area contributed by atoms with E-state index in [0.717, 1.165) is 23.9 Å². The van der Waals surface area contributed by atoms with Crippen LogP contribution in [-0.4, -0.2) is 10.7 Å². The van der Waals surface area contributed by atoms with Crippen molar-refractivity contribution in [3.63, 3.8) is 0 Å². The SMILES string of the molecule is CC(=O)c1ccc(Sc2ccc(F)c(F)c2)cc1[N+](=O)[O-]. The van der Waals surface area contributed by atoms with Crippen LogP contribution in [0.3, 0.4) is 0 Å². The molecule has 0 spiro atoms. The topological polar surface area (TPSA) is 60.2 Å². The van der Waals surface area contributed by atoms with E-state index in [-0.39, 0.29) is 11.3 Å². The zero-order valence-electron chi connectivity index (χ0n) is 10.8. The molecule has 0 N–H and O–H groups in total. The molecule has 108 valence electrons. The van der Waals surface area contributed by atoms with Gasteiger partial charge in [0.1, 0.15) is 0 Å². The second kappa shape index (κ2) is 6.01. The Hall–Kier alpha value is -2.28. The first-order valence-electron chi connectivity index (χ1n) is 5.81. The van der Waals surface area contributed by atoms with Crippen LogP contribution in [-0.2, 0) is 0 Å². The van der Waals surface area contributed by atoms with Gasteiger partial charge < -0.3 is 0 Å². The molecule has 0 radical (unpaired) electrons. The van der Waals surface area contributed by atoms with Crippen molar-refractivity contribution in [2.24, 2.45) is 0 Å². The number of rotatable bonds is 4. The Morgan fingerprint density at radius 1 is 1.10 bits per heavy atom. The maximum absolute atomic E-state index is 13.1. The molecule has 0 saturated carbocycles. The fourth-order valence-electron chi connectivity index (χ4n) is 1.70. The Kier molecular flexibility index (Phi) is 4.32. The molecule has 0 amide bonds. The summed E-state index contributed by atoms with van der Waals surface area (Å²) in [6.45, 7) is 1.24. The van der Waals surface area contributed by atoms with Gasteiger partial charge in [-0.1, -0.05) is 11.8 Å². The zero-order valence-corrected chi connectivity index (χ0v) is 11.6. The fourth-order valence-corrected chi connectivity index (χ4v) is 2.58. The number of nitro groups is 1. The summed E-state index contributed by atoms with van der Waals surface area (Å²) < 4.78 is 26.0. The molecular weight excluding hydrogens is 300 g/mol. The Labute approximate surface area is 122 Å². The van der Waals surface area contributed by atoms with Gasteiger partial charge in [0.25, 0.3) is 5.69 Å². The molecule has 0 heterocycles. The normalized spacial score (nSPS) is 10.4. The number of halogens is 2. The second-order valence-electron chi connectivity index (χ2n) is 4.17. The van der Waals surface area contributed by atoms with Crippen LogP contribution in [0.25, 0.3) is 0 Å². The minimum Gasteiger partial charge on any atom is -0.294 e. The smallest absolute Gasteiger partial charge is 0.281 e. The summed E-state index contributed by atoms with van der Waals surface area (Å²) >= 11 is 1.04. The lowest BCUT2D eigenvalue weighted by Gasteiger charge is -2.04. The van der Waals surface area contributed by atoms with Crippen molar-refractivity contribution in [2.45, 2.75) is 16.7 Å². The minimum atomic E-state index is -0.991. The molecule has 0 unspecified atom stereocenters. The van der Waals surface area contributed by atoms with Crippen LogP contribution in [0.15, 0.2) is 46.2 Å². The highest BCUT2D eigenvalue weighted by atomic mass is 32.2. The molecule has 2 aromatic rings. The Morgan fingerprint density at radius 3 is 2.29 bits per heavy atom. The summed E-state index contributed by atoms with van der Waals surface area (Å²) in [5.74, 6) is -2.36. The van der Waals surface area contributed by atoms with E-state index >= 15 is 0 Å². The van der Waals surface area contributed by atoms with Gasteiger partial charge in [0, 0.05) is 15.9 Å². The quantitative estimate of drug-likeness (QED) is 0.482. The van der Waals surface area contributed by atoms with Crippen LogP contribution in [0.4, 0.5) is 14.5 Å². The molecule has 2 aromatic carbocycles. The van der Waals surface area contributed by atoms with Gasteiger partial charge in [0.05, 0.1) is 10.5 Å². The van der Waals surface area contributed by atoms with Crippen molar-refractivity contribution in [3.8, 4) is 0 Å². The standard InChI is InChI=1S/C14H9F2NO3S/c1-8(18)11-4-2-10(7-14(11)17(19)20)21-9-3-5-12(15)13(16)6-9/h2-7H,1H3. The molecule has 0 aliphatic carbocycles. The molecule has 21 heavy (non-hydrogen) atoms. The largest absolute Gasteiger partial charge is 0.294 e. The van der Waals surface area contributed by atoms with Crippen LogP contribution < -0.4 is 0 Å². The van der Waals surface area contributed by atoms with E-state index in [1.165, 1.54) is 31.2 Å². The first-order valence-corrected chi connectivity index (χ1v) is 6.62. The summed E-state index contributed by atoms with van der Waals surface area (Å²) in [7, 11) is 0. The number of Topliss-reactive ketones (excluding diaryl/α,β-unsaturated/α-hetero) is 1. The van der Waals surface area contributed by atoms with Gasteiger partial charge in [-0.15, -0.1) is 0 Å². The van der Waals surface area contributed by atoms with Gasteiger partial charge in [0.2, 0.25) is 0 Å². The molecule has 0 aromatic heterocycles. The lowest BCUT2D eigenvalue weighted by molar-refractivity contribution is -0.385. The minimum absolute atomic E-state index is 0.00892. The van der Waals surface area contributed by atoms with Gasteiger partial charge in [-0.05, 0) is 37.3 Å². The maximum atomic E-state index is 13.1. The van der Waals surface area contributed by atoms with Gasteiger partial charge >= 0.3 is 0 Å². The number of hydrogen-bond acceptors (Lipinski definition) is 4. The number of hydrogen-bond donors (Lipinski definition) is 0. The second-order valence-corrected chi connectivity index (χ2v) is 5.32. The highest BCUT2D eigenvalue weighted by Crippen LogP contribution is 2.32. The van der Waals surface area contributed by atoms with Crippen molar-refractivity contribution in [1.82, 2.24) is 0 Å². The van der Waals surface area contributed by atoms with Crippen LogP contribution >= 0.6 is 11.8 Å². The first kappa shape index (κ1) is 15.1. The number of nitrogens with zero attached hydrogens (tertiary/aromatic N) is 1. The lowest BCUT2D eigenvalue weighted by atomic mass is 10.1. The molecule has 2 rings (SSSR count). The summed E-state index contributed by atoms with van der Waals surface area (Å²) in [5.41, 5.74) is -0.301. The molecule has 7 heteroatoms. The summed E-state index contributed by atoms with van der Waals surface area (Å²) in [6, 6.07) is 7.47. The highest BCUT2D eigenvalue weighted by molar-refractivity contribution is 7.99. The fraction of sp³-hybridized carbons (Fsp3) is 0.0714. The van der Waals surface area contributed by atoms with E-state index in [0.29, 0.717) is 9.79 Å². The van der Waals surface area contributed by atoms with Crippen LogP contribution in [0.1, 0.15) is 17.3 Å². The van der Waals surface area contributed by atoms with Crippen LogP contribution in [0.5, 0.6) is 0 Å². The predicted molar refractivity (Wildman–Crippen MR) is 73.6 cm³/mol. The molecular formula is C14H9F2NO3S. The monoisotopic (exact) mass is 309 g/mol. The number of nitro benzene ring substituents is 1. The van der Waals surface area contributed by atoms with Gasteiger partial charge in [-0.2, -0.15) is 0 Å². The van der Waals surface area contributed by atoms with Crippen molar-refractivity contribution >= 4 is 23.2 Å². The third kappa shape index (κ3) is 3.43. The maximum Gasteiger partial charge on any atom is 0.281 e. The lowest BCUT2D eigenvalue weighted by Crippen LogP contribution is -2.00. The molecule has 0 aliphatic heterocycles. The summed E-state index contributed by atoms with van der Waals surface area (Å²) in [6.07, 6.45) is 0. The molecule has 0 saturated heterocycles. The zero-order chi connectivity index (χ0) is 15.6. The first-order chi connectivity index (χ1) is 9.88. The van der Waals surface area contributed by atoms with E-state index in [1.54, 1.807) is 0 Å². The third-order valence-corrected chi connectivity index (χ3v) is 3.65. The van der Waals surface area contributed by atoms with Gasteiger partial charge in [-0.25, -0.2) is 8.78 Å². The highest BCUT2D eigenvalue weighted by Gasteiger charge is 2.18. The summed E-state index contributed by atoms with van der Waals surface area (Å²) in [5, 5.41) is 11.0.